The molecule has 0 aliphatic heterocycles. The molecule has 0 saturated heterocycles. The summed E-state index contributed by atoms with van der Waals surface area (Å²) in [6.45, 7) is 0. The highest BCUT2D eigenvalue weighted by Crippen LogP contribution is 2.32. The smallest absolute Gasteiger partial charge is 0.0846 e. The van der Waals surface area contributed by atoms with Crippen molar-refractivity contribution in [1.82, 2.24) is 0 Å². The van der Waals surface area contributed by atoms with Crippen LogP contribution in [0.25, 0.3) is 6.08 Å². The van der Waals surface area contributed by atoms with Gasteiger partial charge in [-0.05, 0) is 44.0 Å². The Morgan fingerprint density at radius 2 is 2.18 bits per heavy atom. The normalized spacial score (nSPS) is 11.2. The molecule has 0 aliphatic rings. The van der Waals surface area contributed by atoms with Gasteiger partial charge >= 0.3 is 0 Å². The monoisotopic (exact) mass is 358 g/mol. The average molecular weight is 361 g/mol. The Bertz CT molecular complexity index is 245. The zero-order valence-corrected chi connectivity index (χ0v) is 11.1. The summed E-state index contributed by atoms with van der Waals surface area (Å²) in [5.41, 5.74) is 0. The lowest BCUT2D eigenvalue weighted by molar-refractivity contribution is 1.79. The molecule has 0 bridgehead atoms. The second-order valence-corrected chi connectivity index (χ2v) is 5.73. The Morgan fingerprint density at radius 3 is 2.64 bits per heavy atom. The van der Waals surface area contributed by atoms with E-state index in [2.05, 4.69) is 66.0 Å². The highest BCUT2D eigenvalue weighted by atomic mass is 79.9. The van der Waals surface area contributed by atoms with Gasteiger partial charge in [0, 0.05) is 14.7 Å². The summed E-state index contributed by atoms with van der Waals surface area (Å²) in [4.78, 5) is 1.25. The molecule has 1 rings (SSSR count). The van der Waals surface area contributed by atoms with Crippen LogP contribution in [0.4, 0.5) is 0 Å². The number of alkyl halides is 1. The summed E-state index contributed by atoms with van der Waals surface area (Å²) in [5, 5.41) is 0.903. The lowest BCUT2D eigenvalue weighted by atomic mass is 10.4. The molecule has 0 saturated carbocycles. The van der Waals surface area contributed by atoms with Gasteiger partial charge in [0.1, 0.15) is 0 Å². The molecule has 1 heterocycles. The van der Waals surface area contributed by atoms with Gasteiger partial charge in [-0.25, -0.2) is 0 Å². The van der Waals surface area contributed by atoms with E-state index in [0.717, 1.165) is 13.6 Å². The van der Waals surface area contributed by atoms with Crippen molar-refractivity contribution in [3.63, 3.8) is 0 Å². The Labute approximate surface area is 95.1 Å². The third-order valence-electron chi connectivity index (χ3n) is 1.04. The first-order chi connectivity index (χ1) is 5.24. The average Bonchev–Trinajstić information content (AvgIpc) is 2.28. The molecule has 0 unspecified atom stereocenters. The fraction of sp³-hybridized carbons (Fsp3) is 0.143. The van der Waals surface area contributed by atoms with Gasteiger partial charge < -0.3 is 0 Å². The standard InChI is InChI=1S/C7H5Br3S/c8-3-1-2-5-4-6(9)7(10)11-5/h1-2,4H,3H2/b2-1+. The fourth-order valence-corrected chi connectivity index (χ4v) is 2.81. The van der Waals surface area contributed by atoms with Gasteiger partial charge in [-0.1, -0.05) is 22.0 Å². The zero-order valence-electron chi connectivity index (χ0n) is 5.48. The van der Waals surface area contributed by atoms with Gasteiger partial charge in [0.15, 0.2) is 0 Å². The molecule has 0 spiro atoms. The van der Waals surface area contributed by atoms with Crippen molar-refractivity contribution in [2.45, 2.75) is 0 Å². The maximum atomic E-state index is 3.43. The summed E-state index contributed by atoms with van der Waals surface area (Å²) in [7, 11) is 0. The number of hydrogen-bond donors (Lipinski definition) is 0. The lowest BCUT2D eigenvalue weighted by Crippen LogP contribution is -1.58. The van der Waals surface area contributed by atoms with Crippen molar-refractivity contribution >= 4 is 65.2 Å². The van der Waals surface area contributed by atoms with E-state index in [0.29, 0.717) is 0 Å². The van der Waals surface area contributed by atoms with E-state index in [-0.39, 0.29) is 0 Å². The molecule has 60 valence electrons. The third-order valence-corrected chi connectivity index (χ3v) is 4.63. The molecular weight excluding hydrogens is 356 g/mol. The molecule has 0 radical (unpaired) electrons. The van der Waals surface area contributed by atoms with E-state index in [4.69, 9.17) is 0 Å². The topological polar surface area (TPSA) is 0 Å². The van der Waals surface area contributed by atoms with Crippen LogP contribution in [0.2, 0.25) is 0 Å². The van der Waals surface area contributed by atoms with Crippen LogP contribution in [-0.2, 0) is 0 Å². The first-order valence-corrected chi connectivity index (χ1v) is 6.44. The van der Waals surface area contributed by atoms with Gasteiger partial charge in [0.05, 0.1) is 3.79 Å². The first-order valence-electron chi connectivity index (χ1n) is 2.91. The third kappa shape index (κ3) is 3.01. The molecule has 0 aromatic carbocycles. The predicted molar refractivity (Wildman–Crippen MR) is 62.5 cm³/mol. The minimum Gasteiger partial charge on any atom is -0.128 e. The Morgan fingerprint density at radius 1 is 1.45 bits per heavy atom. The fourth-order valence-electron chi connectivity index (χ4n) is 0.606. The summed E-state index contributed by atoms with van der Waals surface area (Å²) in [5.74, 6) is 0. The number of hydrogen-bond acceptors (Lipinski definition) is 1. The summed E-state index contributed by atoms with van der Waals surface area (Å²) in [6, 6.07) is 2.09. The summed E-state index contributed by atoms with van der Waals surface area (Å²) >= 11 is 11.9. The van der Waals surface area contributed by atoms with Crippen molar-refractivity contribution in [2.75, 3.05) is 5.33 Å². The molecule has 0 fully saturated rings. The predicted octanol–water partition coefficient (Wildman–Crippen LogP) is 4.68. The zero-order chi connectivity index (χ0) is 8.27. The van der Waals surface area contributed by atoms with E-state index in [1.54, 1.807) is 11.3 Å². The Hall–Kier alpha value is 0.880. The number of allylic oxidation sites excluding steroid dienone is 1. The molecule has 0 amide bonds. The van der Waals surface area contributed by atoms with Gasteiger partial charge in [0.2, 0.25) is 0 Å². The van der Waals surface area contributed by atoms with Crippen LogP contribution in [0.15, 0.2) is 20.4 Å². The Balaban J connectivity index is 2.80. The lowest BCUT2D eigenvalue weighted by Gasteiger charge is -1.78. The molecular formula is C7H5Br3S. The van der Waals surface area contributed by atoms with Crippen LogP contribution in [0.1, 0.15) is 4.88 Å². The van der Waals surface area contributed by atoms with Crippen LogP contribution in [0, 0.1) is 0 Å². The molecule has 0 N–H and O–H groups in total. The van der Waals surface area contributed by atoms with Crippen LogP contribution in [0.3, 0.4) is 0 Å². The maximum absolute atomic E-state index is 3.43. The van der Waals surface area contributed by atoms with Crippen molar-refractivity contribution < 1.29 is 0 Å². The van der Waals surface area contributed by atoms with E-state index in [1.165, 1.54) is 4.88 Å². The van der Waals surface area contributed by atoms with Crippen molar-refractivity contribution in [2.24, 2.45) is 0 Å². The van der Waals surface area contributed by atoms with Gasteiger partial charge in [0.25, 0.3) is 0 Å². The van der Waals surface area contributed by atoms with Crippen molar-refractivity contribution in [1.29, 1.82) is 0 Å². The molecule has 1 aromatic rings. The molecule has 11 heavy (non-hydrogen) atoms. The number of halogens is 3. The largest absolute Gasteiger partial charge is 0.128 e. The minimum absolute atomic E-state index is 0.903. The first kappa shape index (κ1) is 9.96. The highest BCUT2D eigenvalue weighted by molar-refractivity contribution is 9.13. The second-order valence-electron chi connectivity index (χ2n) is 1.83. The summed E-state index contributed by atoms with van der Waals surface area (Å²) < 4.78 is 2.27. The molecule has 1 aromatic heterocycles. The van der Waals surface area contributed by atoms with E-state index < -0.39 is 0 Å². The molecule has 0 nitrogen and oxygen atoms in total. The van der Waals surface area contributed by atoms with E-state index in [1.807, 2.05) is 0 Å². The van der Waals surface area contributed by atoms with E-state index in [9.17, 15) is 0 Å². The second kappa shape index (κ2) is 4.80. The SMILES string of the molecule is BrC/C=C/c1cc(Br)c(Br)s1. The quantitative estimate of drug-likeness (QED) is 0.672. The van der Waals surface area contributed by atoms with Crippen LogP contribution >= 0.6 is 59.1 Å². The molecule has 0 aliphatic carbocycles. The van der Waals surface area contributed by atoms with Crippen LogP contribution in [-0.4, -0.2) is 5.33 Å². The Kier molecular flexibility index (Phi) is 4.34. The van der Waals surface area contributed by atoms with Gasteiger partial charge in [-0.2, -0.15) is 0 Å². The van der Waals surface area contributed by atoms with Crippen LogP contribution < -0.4 is 0 Å². The minimum atomic E-state index is 0.903. The molecule has 4 heteroatoms. The van der Waals surface area contributed by atoms with Gasteiger partial charge in [-0.15, -0.1) is 11.3 Å². The van der Waals surface area contributed by atoms with Crippen LogP contribution in [0.5, 0.6) is 0 Å². The van der Waals surface area contributed by atoms with Crippen molar-refractivity contribution in [3.05, 3.63) is 25.3 Å². The number of thiophene rings is 1. The molecule has 0 atom stereocenters. The van der Waals surface area contributed by atoms with E-state index >= 15 is 0 Å². The van der Waals surface area contributed by atoms with Crippen molar-refractivity contribution in [3.8, 4) is 0 Å². The van der Waals surface area contributed by atoms with Gasteiger partial charge in [-0.3, -0.25) is 0 Å². The highest BCUT2D eigenvalue weighted by Gasteiger charge is 1.99. The number of rotatable bonds is 2. The summed E-state index contributed by atoms with van der Waals surface area (Å²) in [6.07, 6.45) is 4.17. The maximum Gasteiger partial charge on any atom is 0.0846 e.